The second-order valence-corrected chi connectivity index (χ2v) is 5.51. The average molecular weight is 310 g/mol. The largest absolute Gasteiger partial charge is 0.496 e. The van der Waals surface area contributed by atoms with Crippen molar-refractivity contribution in [3.8, 4) is 5.75 Å². The maximum Gasteiger partial charge on any atom is 0.321 e. The van der Waals surface area contributed by atoms with E-state index in [4.69, 9.17) is 4.74 Å². The first-order valence-corrected chi connectivity index (χ1v) is 7.02. The van der Waals surface area contributed by atoms with Crippen LogP contribution in [-0.2, 0) is 0 Å². The van der Waals surface area contributed by atoms with E-state index >= 15 is 0 Å². The molecule has 2 amide bonds. The van der Waals surface area contributed by atoms with Crippen molar-refractivity contribution in [1.82, 2.24) is 15.5 Å². The quantitative estimate of drug-likeness (QED) is 0.910. The molecule has 1 aromatic carbocycles. The van der Waals surface area contributed by atoms with Gasteiger partial charge in [-0.3, -0.25) is 5.32 Å². The fourth-order valence-corrected chi connectivity index (χ4v) is 2.39. The van der Waals surface area contributed by atoms with Crippen molar-refractivity contribution < 1.29 is 13.9 Å². The number of hydrogen-bond donors (Lipinski definition) is 2. The first-order chi connectivity index (χ1) is 9.99. The third-order valence-electron chi connectivity index (χ3n) is 2.75. The lowest BCUT2D eigenvalue weighted by atomic mass is 10.1. The molecule has 0 spiro atoms. The Kier molecular flexibility index (Phi) is 4.69. The molecule has 0 saturated carbocycles. The Labute approximate surface area is 125 Å². The molecule has 112 valence electrons. The summed E-state index contributed by atoms with van der Waals surface area (Å²) >= 11 is 1.27. The molecule has 1 atom stereocenters. The minimum absolute atomic E-state index is 0.389. The fraction of sp³-hybridized carbons (Fsp3) is 0.308. The molecule has 0 unspecified atom stereocenters. The fourth-order valence-electron chi connectivity index (χ4n) is 1.80. The number of methoxy groups -OCH3 is 1. The molecular formula is C13H15FN4O2S. The van der Waals surface area contributed by atoms with E-state index in [-0.39, 0.29) is 5.82 Å². The molecule has 0 fully saturated rings. The Morgan fingerprint density at radius 1 is 1.43 bits per heavy atom. The molecule has 1 aromatic heterocycles. The van der Waals surface area contributed by atoms with Gasteiger partial charge < -0.3 is 10.1 Å². The van der Waals surface area contributed by atoms with Gasteiger partial charge in [0.2, 0.25) is 5.13 Å². The van der Waals surface area contributed by atoms with Crippen LogP contribution in [0, 0.1) is 12.7 Å². The molecule has 0 aliphatic heterocycles. The van der Waals surface area contributed by atoms with Gasteiger partial charge in [-0.15, -0.1) is 10.2 Å². The number of amides is 2. The molecule has 0 saturated heterocycles. The first-order valence-electron chi connectivity index (χ1n) is 6.20. The second-order valence-electron chi connectivity index (χ2n) is 4.33. The van der Waals surface area contributed by atoms with Gasteiger partial charge in [-0.05, 0) is 32.0 Å². The van der Waals surface area contributed by atoms with Crippen LogP contribution < -0.4 is 15.4 Å². The summed E-state index contributed by atoms with van der Waals surface area (Å²) in [5.41, 5.74) is 0.557. The van der Waals surface area contributed by atoms with Crippen molar-refractivity contribution in [3.63, 3.8) is 0 Å². The minimum atomic E-state index is -0.440. The Morgan fingerprint density at radius 2 is 2.19 bits per heavy atom. The maximum absolute atomic E-state index is 13.3. The number of nitrogens with one attached hydrogen (secondary N) is 2. The van der Waals surface area contributed by atoms with E-state index in [1.165, 1.54) is 36.6 Å². The zero-order valence-corrected chi connectivity index (χ0v) is 12.6. The molecule has 1 heterocycles. The standard InChI is InChI=1S/C13H15FN4O2S/c1-7(10-6-9(14)4-5-11(10)20-3)15-12(19)16-13-18-17-8(2)21-13/h4-7H,1-3H3,(H2,15,16,18,19)/t7-/m0/s1. The number of aromatic nitrogens is 2. The van der Waals surface area contributed by atoms with Crippen molar-refractivity contribution in [2.75, 3.05) is 12.4 Å². The lowest BCUT2D eigenvalue weighted by molar-refractivity contribution is 0.249. The topological polar surface area (TPSA) is 76.1 Å². The number of carbonyl (C=O) groups excluding carboxylic acids is 1. The van der Waals surface area contributed by atoms with Crippen LogP contribution in [0.15, 0.2) is 18.2 Å². The Morgan fingerprint density at radius 3 is 2.81 bits per heavy atom. The third-order valence-corrected chi connectivity index (χ3v) is 3.51. The molecule has 2 rings (SSSR count). The number of hydrogen-bond acceptors (Lipinski definition) is 5. The van der Waals surface area contributed by atoms with Gasteiger partial charge in [0.15, 0.2) is 0 Å². The van der Waals surface area contributed by atoms with Crippen LogP contribution >= 0.6 is 11.3 Å². The van der Waals surface area contributed by atoms with Crippen LogP contribution in [0.25, 0.3) is 0 Å². The van der Waals surface area contributed by atoms with E-state index < -0.39 is 12.1 Å². The monoisotopic (exact) mass is 310 g/mol. The van der Waals surface area contributed by atoms with Crippen molar-refractivity contribution in [1.29, 1.82) is 0 Å². The molecular weight excluding hydrogens is 295 g/mol. The molecule has 21 heavy (non-hydrogen) atoms. The molecule has 2 aromatic rings. The van der Waals surface area contributed by atoms with Crippen molar-refractivity contribution in [3.05, 3.63) is 34.6 Å². The second kappa shape index (κ2) is 6.49. The number of nitrogens with zero attached hydrogens (tertiary/aromatic N) is 2. The minimum Gasteiger partial charge on any atom is -0.496 e. The van der Waals surface area contributed by atoms with Crippen molar-refractivity contribution in [2.45, 2.75) is 19.9 Å². The normalized spacial score (nSPS) is 11.8. The zero-order valence-electron chi connectivity index (χ0n) is 11.8. The number of anilines is 1. The molecule has 6 nitrogen and oxygen atoms in total. The predicted octanol–water partition coefficient (Wildman–Crippen LogP) is 2.88. The van der Waals surface area contributed by atoms with E-state index in [2.05, 4.69) is 20.8 Å². The maximum atomic E-state index is 13.3. The van der Waals surface area contributed by atoms with Gasteiger partial charge in [-0.1, -0.05) is 11.3 Å². The Hall–Kier alpha value is -2.22. The summed E-state index contributed by atoms with van der Waals surface area (Å²) in [6.45, 7) is 3.53. The van der Waals surface area contributed by atoms with E-state index in [0.29, 0.717) is 16.4 Å². The lowest BCUT2D eigenvalue weighted by Crippen LogP contribution is -2.31. The number of aryl methyl sites for hydroxylation is 1. The van der Waals surface area contributed by atoms with E-state index in [9.17, 15) is 9.18 Å². The summed E-state index contributed by atoms with van der Waals surface area (Å²) < 4.78 is 18.5. The van der Waals surface area contributed by atoms with Gasteiger partial charge in [0.1, 0.15) is 16.6 Å². The van der Waals surface area contributed by atoms with E-state index in [1.807, 2.05) is 0 Å². The number of benzene rings is 1. The molecule has 0 bridgehead atoms. The number of rotatable bonds is 4. The summed E-state index contributed by atoms with van der Waals surface area (Å²) in [7, 11) is 1.49. The van der Waals surface area contributed by atoms with Crippen LogP contribution in [0.4, 0.5) is 14.3 Å². The smallest absolute Gasteiger partial charge is 0.321 e. The van der Waals surface area contributed by atoms with E-state index in [1.54, 1.807) is 13.8 Å². The van der Waals surface area contributed by atoms with E-state index in [0.717, 1.165) is 5.01 Å². The van der Waals surface area contributed by atoms with Gasteiger partial charge >= 0.3 is 6.03 Å². The number of urea groups is 1. The highest BCUT2D eigenvalue weighted by molar-refractivity contribution is 7.15. The summed E-state index contributed by atoms with van der Waals surface area (Å²) in [6, 6.07) is 3.29. The molecule has 2 N–H and O–H groups in total. The van der Waals surface area contributed by atoms with Crippen molar-refractivity contribution in [2.24, 2.45) is 0 Å². The third kappa shape index (κ3) is 3.88. The van der Waals surface area contributed by atoms with Crippen LogP contribution in [0.3, 0.4) is 0 Å². The Balaban J connectivity index is 2.05. The van der Waals surface area contributed by atoms with Gasteiger partial charge in [0.05, 0.1) is 13.2 Å². The first kappa shape index (κ1) is 15.2. The highest BCUT2D eigenvalue weighted by Gasteiger charge is 2.15. The predicted molar refractivity (Wildman–Crippen MR) is 78.2 cm³/mol. The summed E-state index contributed by atoms with van der Waals surface area (Å²) in [6.07, 6.45) is 0. The molecule has 0 radical (unpaired) electrons. The van der Waals surface area contributed by atoms with Gasteiger partial charge in [0, 0.05) is 5.56 Å². The number of carbonyl (C=O) groups is 1. The summed E-state index contributed by atoms with van der Waals surface area (Å²) in [5, 5.41) is 14.0. The van der Waals surface area contributed by atoms with Crippen LogP contribution in [-0.4, -0.2) is 23.3 Å². The Bertz CT molecular complexity index is 647. The number of ether oxygens (including phenoxy) is 1. The molecule has 8 heteroatoms. The van der Waals surface area contributed by atoms with Gasteiger partial charge in [-0.25, -0.2) is 9.18 Å². The molecule has 0 aliphatic carbocycles. The van der Waals surface area contributed by atoms with Crippen molar-refractivity contribution >= 4 is 22.5 Å². The lowest BCUT2D eigenvalue weighted by Gasteiger charge is -2.17. The van der Waals surface area contributed by atoms with Crippen LogP contribution in [0.1, 0.15) is 23.5 Å². The highest BCUT2D eigenvalue weighted by atomic mass is 32.1. The van der Waals surface area contributed by atoms with Gasteiger partial charge in [0.25, 0.3) is 0 Å². The summed E-state index contributed by atoms with van der Waals surface area (Å²) in [4.78, 5) is 11.9. The zero-order chi connectivity index (χ0) is 15.4. The van der Waals surface area contributed by atoms with Gasteiger partial charge in [-0.2, -0.15) is 0 Å². The van der Waals surface area contributed by atoms with Crippen LogP contribution in [0.2, 0.25) is 0 Å². The summed E-state index contributed by atoms with van der Waals surface area (Å²) in [5.74, 6) is 0.121. The molecule has 0 aliphatic rings. The van der Waals surface area contributed by atoms with Crippen LogP contribution in [0.5, 0.6) is 5.75 Å². The highest BCUT2D eigenvalue weighted by Crippen LogP contribution is 2.25. The number of halogens is 1. The SMILES string of the molecule is COc1ccc(F)cc1[C@H](C)NC(=O)Nc1nnc(C)s1. The average Bonchev–Trinajstić information content (AvgIpc) is 2.83.